The van der Waals surface area contributed by atoms with Crippen LogP contribution < -0.4 is 11.2 Å². The predicted molar refractivity (Wildman–Crippen MR) is 117 cm³/mol. The highest BCUT2D eigenvalue weighted by Gasteiger charge is 2.29. The molecule has 3 N–H and O–H groups in total. The monoisotopic (exact) mass is 429 g/mol. The number of aromatic nitrogens is 2. The van der Waals surface area contributed by atoms with Crippen LogP contribution in [-0.4, -0.2) is 15.9 Å². The molecule has 4 rings (SSSR count). The third-order valence-electron chi connectivity index (χ3n) is 5.51. The largest absolute Gasteiger partial charge is 0.364 e. The van der Waals surface area contributed by atoms with E-state index in [1.165, 1.54) is 49.9 Å². The molecule has 0 saturated heterocycles. The number of carbonyl (C=O) groups is 1. The maximum atomic E-state index is 13.0. The van der Waals surface area contributed by atoms with Crippen molar-refractivity contribution in [2.75, 3.05) is 0 Å². The van der Waals surface area contributed by atoms with Crippen LogP contribution in [0.2, 0.25) is 5.02 Å². The van der Waals surface area contributed by atoms with Gasteiger partial charge < -0.3 is 10.7 Å². The molecule has 0 bridgehead atoms. The Morgan fingerprint density at radius 2 is 2.07 bits per heavy atom. The second-order valence-electron chi connectivity index (χ2n) is 8.41. The number of pyridine rings is 2. The highest BCUT2D eigenvalue weighted by Crippen LogP contribution is 2.44. The van der Waals surface area contributed by atoms with E-state index in [1.807, 2.05) is 6.07 Å². The number of primary amides is 1. The van der Waals surface area contributed by atoms with Gasteiger partial charge in [0.25, 0.3) is 5.91 Å². The Morgan fingerprint density at radius 1 is 1.30 bits per heavy atom. The van der Waals surface area contributed by atoms with Gasteiger partial charge in [-0.05, 0) is 54.4 Å². The Balaban J connectivity index is 0.000000172. The van der Waals surface area contributed by atoms with Gasteiger partial charge in [0, 0.05) is 23.5 Å². The van der Waals surface area contributed by atoms with Crippen LogP contribution in [0.1, 0.15) is 61.5 Å². The van der Waals surface area contributed by atoms with Gasteiger partial charge in [-0.2, -0.15) is 0 Å². The third kappa shape index (κ3) is 5.05. The fraction of sp³-hybridized carbons (Fsp3) is 0.348. The van der Waals surface area contributed by atoms with E-state index in [2.05, 4.69) is 23.8 Å². The van der Waals surface area contributed by atoms with Crippen LogP contribution in [0.5, 0.6) is 0 Å². The lowest BCUT2D eigenvalue weighted by molar-refractivity contribution is 0.0997. The zero-order valence-corrected chi connectivity index (χ0v) is 17.8. The molecule has 1 aliphatic carbocycles. The van der Waals surface area contributed by atoms with E-state index in [1.54, 1.807) is 6.07 Å². The molecule has 0 aliphatic heterocycles. The summed E-state index contributed by atoms with van der Waals surface area (Å²) in [5.41, 5.74) is 6.90. The van der Waals surface area contributed by atoms with Crippen molar-refractivity contribution in [2.45, 2.75) is 45.4 Å². The number of rotatable bonds is 2. The number of nitrogens with two attached hydrogens (primary N) is 1. The highest BCUT2D eigenvalue weighted by molar-refractivity contribution is 6.31. The van der Waals surface area contributed by atoms with Crippen LogP contribution in [0.25, 0.3) is 10.9 Å². The van der Waals surface area contributed by atoms with Crippen LogP contribution in [0.15, 0.2) is 47.5 Å². The third-order valence-corrected chi connectivity index (χ3v) is 5.84. The van der Waals surface area contributed by atoms with Gasteiger partial charge in [-0.1, -0.05) is 37.9 Å². The van der Waals surface area contributed by atoms with Crippen molar-refractivity contribution in [2.24, 2.45) is 11.1 Å². The molecule has 1 aromatic carbocycles. The minimum absolute atomic E-state index is 0.00403. The summed E-state index contributed by atoms with van der Waals surface area (Å²) in [4.78, 5) is 29.0. The number of nitrogens with one attached hydrogen (secondary N) is 1. The first-order chi connectivity index (χ1) is 14.2. The van der Waals surface area contributed by atoms with Crippen molar-refractivity contribution >= 4 is 28.4 Å². The van der Waals surface area contributed by atoms with E-state index in [9.17, 15) is 14.0 Å². The number of hydrogen-bond acceptors (Lipinski definition) is 3. The standard InChI is InChI=1S/C14H18ClF.C9H7N3O2/c1-14(2)7-3-4-10(9-14)12-6-5-11(16)8-13(12)15;10-9(14)8-7-5(1-3-12-8)11-4-2-6(7)13/h5-6,8,10H,3-4,7,9H2,1-2H3;1-4H,(H2,10,14)(H,11,13)/t10-;/m1./s1. The number of nitrogens with zero attached hydrogens (tertiary/aromatic N) is 1. The Hall–Kier alpha value is -2.73. The SMILES string of the molecule is CC1(C)CCC[C@@H](c2ccc(F)cc2Cl)C1.NC(=O)c1nccc2[nH]ccc(=O)c12. The Kier molecular flexibility index (Phi) is 6.56. The van der Waals surface area contributed by atoms with Crippen molar-refractivity contribution in [3.05, 3.63) is 75.0 Å². The molecule has 1 atom stereocenters. The summed E-state index contributed by atoms with van der Waals surface area (Å²) in [6, 6.07) is 7.74. The molecule has 0 spiro atoms. The van der Waals surface area contributed by atoms with Crippen LogP contribution in [0, 0.1) is 11.2 Å². The number of H-pyrrole nitrogens is 1. The summed E-state index contributed by atoms with van der Waals surface area (Å²) in [5, 5.41) is 0.824. The first kappa shape index (κ1) is 22.0. The lowest BCUT2D eigenvalue weighted by Crippen LogP contribution is -2.21. The molecular weight excluding hydrogens is 405 g/mol. The lowest BCUT2D eigenvalue weighted by Gasteiger charge is -2.35. The van der Waals surface area contributed by atoms with Crippen molar-refractivity contribution in [1.29, 1.82) is 0 Å². The van der Waals surface area contributed by atoms with Crippen molar-refractivity contribution in [3.63, 3.8) is 0 Å². The number of hydrogen-bond donors (Lipinski definition) is 2. The zero-order chi connectivity index (χ0) is 21.9. The van der Waals surface area contributed by atoms with Crippen LogP contribution >= 0.6 is 11.6 Å². The summed E-state index contributed by atoms with van der Waals surface area (Å²) in [7, 11) is 0. The van der Waals surface area contributed by atoms with Crippen molar-refractivity contribution < 1.29 is 9.18 Å². The van der Waals surface area contributed by atoms with Gasteiger partial charge in [-0.25, -0.2) is 4.39 Å². The van der Waals surface area contributed by atoms with Gasteiger partial charge in [0.1, 0.15) is 11.5 Å². The van der Waals surface area contributed by atoms with Crippen LogP contribution in [-0.2, 0) is 0 Å². The Morgan fingerprint density at radius 3 is 2.73 bits per heavy atom. The maximum absolute atomic E-state index is 13.0. The van der Waals surface area contributed by atoms with Gasteiger partial charge in [0.05, 0.1) is 10.9 Å². The summed E-state index contributed by atoms with van der Waals surface area (Å²) >= 11 is 6.12. The van der Waals surface area contributed by atoms with E-state index < -0.39 is 5.91 Å². The Labute approximate surface area is 179 Å². The van der Waals surface area contributed by atoms with E-state index in [0.717, 1.165) is 12.0 Å². The molecule has 158 valence electrons. The van der Waals surface area contributed by atoms with E-state index in [4.69, 9.17) is 17.3 Å². The molecule has 1 saturated carbocycles. The summed E-state index contributed by atoms with van der Waals surface area (Å²) in [6.07, 6.45) is 7.79. The fourth-order valence-corrected chi connectivity index (χ4v) is 4.43. The topological polar surface area (TPSA) is 88.8 Å². The van der Waals surface area contributed by atoms with E-state index >= 15 is 0 Å². The predicted octanol–water partition coefficient (Wildman–Crippen LogP) is 5.18. The average Bonchev–Trinajstić information content (AvgIpc) is 2.67. The van der Waals surface area contributed by atoms with Crippen molar-refractivity contribution in [3.8, 4) is 0 Å². The smallest absolute Gasteiger partial charge is 0.268 e. The van der Waals surface area contributed by atoms with E-state index in [-0.39, 0.29) is 22.3 Å². The summed E-state index contributed by atoms with van der Waals surface area (Å²) < 4.78 is 13.0. The number of carbonyl (C=O) groups excluding carboxylic acids is 1. The summed E-state index contributed by atoms with van der Waals surface area (Å²) in [5.74, 6) is -0.451. The second kappa shape index (κ2) is 8.96. The average molecular weight is 430 g/mol. The van der Waals surface area contributed by atoms with Crippen LogP contribution in [0.4, 0.5) is 4.39 Å². The number of benzene rings is 1. The van der Waals surface area contributed by atoms with Gasteiger partial charge in [-0.3, -0.25) is 14.6 Å². The van der Waals surface area contributed by atoms with Gasteiger partial charge in [0.15, 0.2) is 5.43 Å². The van der Waals surface area contributed by atoms with Gasteiger partial charge in [0.2, 0.25) is 0 Å². The molecule has 1 aliphatic rings. The van der Waals surface area contributed by atoms with Crippen molar-refractivity contribution in [1.82, 2.24) is 9.97 Å². The van der Waals surface area contributed by atoms with Gasteiger partial charge >= 0.3 is 0 Å². The lowest BCUT2D eigenvalue weighted by atomic mass is 9.70. The first-order valence-corrected chi connectivity index (χ1v) is 10.3. The molecule has 1 fully saturated rings. The number of aromatic amines is 1. The normalized spacial score (nSPS) is 17.8. The first-order valence-electron chi connectivity index (χ1n) is 9.89. The number of halogens is 2. The second-order valence-corrected chi connectivity index (χ2v) is 8.82. The quantitative estimate of drug-likeness (QED) is 0.587. The molecule has 30 heavy (non-hydrogen) atoms. The fourth-order valence-electron chi connectivity index (χ4n) is 4.10. The summed E-state index contributed by atoms with van der Waals surface area (Å²) in [6.45, 7) is 4.60. The molecule has 1 amide bonds. The maximum Gasteiger partial charge on any atom is 0.268 e. The highest BCUT2D eigenvalue weighted by atomic mass is 35.5. The number of fused-ring (bicyclic) bond motifs is 1. The molecular formula is C23H25ClFN3O2. The minimum atomic E-state index is -0.702. The Bertz CT molecular complexity index is 1120. The zero-order valence-electron chi connectivity index (χ0n) is 17.0. The molecule has 7 heteroatoms. The minimum Gasteiger partial charge on any atom is -0.364 e. The molecule has 3 aromatic rings. The van der Waals surface area contributed by atoms with Gasteiger partial charge in [-0.15, -0.1) is 0 Å². The van der Waals surface area contributed by atoms with Crippen LogP contribution in [0.3, 0.4) is 0 Å². The molecule has 2 aromatic heterocycles. The molecule has 2 heterocycles. The number of amides is 1. The van der Waals surface area contributed by atoms with E-state index in [0.29, 0.717) is 21.9 Å². The molecule has 5 nitrogen and oxygen atoms in total. The molecule has 0 unspecified atom stereocenters. The molecule has 0 radical (unpaired) electrons.